The van der Waals surface area contributed by atoms with Crippen LogP contribution in [0, 0.1) is 0 Å². The molecule has 0 aromatic heterocycles. The second-order valence-electron chi connectivity index (χ2n) is 7.98. The smallest absolute Gasteiger partial charge is 0.355 e. The van der Waals surface area contributed by atoms with Crippen molar-refractivity contribution in [2.45, 2.75) is 78.9 Å². The van der Waals surface area contributed by atoms with Crippen LogP contribution in [0.3, 0.4) is 0 Å². The van der Waals surface area contributed by atoms with Crippen LogP contribution in [0.25, 0.3) is 0 Å². The SMILES string of the molecule is CC(C)=CCCC(C)=CCCC(C)=CCNOP(=O)(O)CC(=O)OC1CCCCO1. The van der Waals surface area contributed by atoms with Crippen molar-refractivity contribution in [1.29, 1.82) is 0 Å². The van der Waals surface area contributed by atoms with Gasteiger partial charge in [0.15, 0.2) is 0 Å². The highest BCUT2D eigenvalue weighted by molar-refractivity contribution is 7.53. The molecule has 8 heteroatoms. The van der Waals surface area contributed by atoms with E-state index in [-0.39, 0.29) is 6.54 Å². The Bertz CT molecular complexity index is 661. The molecule has 0 aromatic rings. The zero-order valence-electron chi connectivity index (χ0n) is 18.8. The molecule has 30 heavy (non-hydrogen) atoms. The van der Waals surface area contributed by atoms with E-state index in [1.807, 2.05) is 13.0 Å². The monoisotopic (exact) mass is 443 g/mol. The number of esters is 1. The summed E-state index contributed by atoms with van der Waals surface area (Å²) in [4.78, 5) is 21.6. The molecule has 0 aliphatic carbocycles. The number of allylic oxidation sites excluding steroid dienone is 5. The van der Waals surface area contributed by atoms with E-state index < -0.39 is 26.0 Å². The number of carbonyl (C=O) groups excluding carboxylic acids is 1. The minimum Gasteiger partial charge on any atom is -0.435 e. The van der Waals surface area contributed by atoms with Crippen LogP contribution in [-0.2, 0) is 23.5 Å². The Morgan fingerprint density at radius 3 is 2.40 bits per heavy atom. The lowest BCUT2D eigenvalue weighted by Crippen LogP contribution is -2.27. The molecule has 0 aromatic carbocycles. The second-order valence-corrected chi connectivity index (χ2v) is 9.75. The molecule has 0 amide bonds. The molecule has 0 spiro atoms. The molecule has 1 aliphatic heterocycles. The maximum absolute atomic E-state index is 12.0. The molecule has 2 unspecified atom stereocenters. The maximum Gasteiger partial charge on any atom is 0.355 e. The molecule has 2 atom stereocenters. The number of nitrogens with one attached hydrogen (secondary N) is 1. The number of hydrogen-bond donors (Lipinski definition) is 2. The van der Waals surface area contributed by atoms with Crippen molar-refractivity contribution in [3.05, 3.63) is 34.9 Å². The molecule has 1 saturated heterocycles. The van der Waals surface area contributed by atoms with E-state index >= 15 is 0 Å². The Morgan fingerprint density at radius 2 is 1.77 bits per heavy atom. The Morgan fingerprint density at radius 1 is 1.10 bits per heavy atom. The Hall–Kier alpha value is -1.24. The number of hydroxylamine groups is 1. The van der Waals surface area contributed by atoms with Gasteiger partial charge in [-0.2, -0.15) is 5.48 Å². The fourth-order valence-corrected chi connectivity index (χ4v) is 3.62. The van der Waals surface area contributed by atoms with E-state index in [0.29, 0.717) is 13.0 Å². The van der Waals surface area contributed by atoms with Gasteiger partial charge >= 0.3 is 13.6 Å². The standard InChI is InChI=1S/C22H38NO6P/c1-18(2)9-7-10-19(3)11-8-12-20(4)14-15-23-29-30(25,26)17-21(24)28-22-13-5-6-16-27-22/h9,11,14,22-23H,5-8,10,12-13,15-17H2,1-4H3,(H,25,26). The molecular weight excluding hydrogens is 405 g/mol. The number of rotatable bonds is 13. The highest BCUT2D eigenvalue weighted by atomic mass is 31.2. The average molecular weight is 444 g/mol. The normalized spacial score (nSPS) is 19.8. The topological polar surface area (TPSA) is 94.1 Å². The van der Waals surface area contributed by atoms with Crippen molar-refractivity contribution >= 4 is 13.6 Å². The predicted octanol–water partition coefficient (Wildman–Crippen LogP) is 5.18. The van der Waals surface area contributed by atoms with Crippen molar-refractivity contribution in [2.24, 2.45) is 0 Å². The zero-order valence-corrected chi connectivity index (χ0v) is 19.7. The summed E-state index contributed by atoms with van der Waals surface area (Å²) in [6.45, 7) is 9.19. The van der Waals surface area contributed by atoms with Crippen molar-refractivity contribution in [2.75, 3.05) is 19.3 Å². The quantitative estimate of drug-likeness (QED) is 0.133. The molecule has 1 aliphatic rings. The zero-order chi connectivity index (χ0) is 22.4. The van der Waals surface area contributed by atoms with Gasteiger partial charge in [-0.3, -0.25) is 9.36 Å². The first-order chi connectivity index (χ1) is 14.2. The lowest BCUT2D eigenvalue weighted by Gasteiger charge is -2.22. The summed E-state index contributed by atoms with van der Waals surface area (Å²) in [6, 6.07) is 0. The summed E-state index contributed by atoms with van der Waals surface area (Å²) < 4.78 is 27.1. The predicted molar refractivity (Wildman–Crippen MR) is 119 cm³/mol. The molecule has 7 nitrogen and oxygen atoms in total. The Balaban J connectivity index is 2.22. The van der Waals surface area contributed by atoms with E-state index in [2.05, 4.69) is 38.4 Å². The van der Waals surface area contributed by atoms with Crippen LogP contribution in [0.4, 0.5) is 0 Å². The van der Waals surface area contributed by atoms with Gasteiger partial charge < -0.3 is 14.4 Å². The van der Waals surface area contributed by atoms with Crippen LogP contribution in [0.15, 0.2) is 34.9 Å². The van der Waals surface area contributed by atoms with Crippen LogP contribution in [0.2, 0.25) is 0 Å². The first-order valence-electron chi connectivity index (χ1n) is 10.7. The highest BCUT2D eigenvalue weighted by Gasteiger charge is 2.28. The largest absolute Gasteiger partial charge is 0.435 e. The number of ether oxygens (including phenoxy) is 2. The van der Waals surface area contributed by atoms with Gasteiger partial charge in [-0.15, -0.1) is 0 Å². The molecule has 2 N–H and O–H groups in total. The van der Waals surface area contributed by atoms with Crippen molar-refractivity contribution in [3.63, 3.8) is 0 Å². The highest BCUT2D eigenvalue weighted by Crippen LogP contribution is 2.40. The third kappa shape index (κ3) is 13.9. The average Bonchev–Trinajstić information content (AvgIpc) is 2.65. The molecule has 1 fully saturated rings. The van der Waals surface area contributed by atoms with Crippen molar-refractivity contribution in [3.8, 4) is 0 Å². The molecule has 172 valence electrons. The summed E-state index contributed by atoms with van der Waals surface area (Å²) in [6.07, 6.45) is 11.5. The van der Waals surface area contributed by atoms with E-state index in [1.165, 1.54) is 11.1 Å². The van der Waals surface area contributed by atoms with Gasteiger partial charge in [-0.25, -0.2) is 4.62 Å². The minimum atomic E-state index is -4.11. The third-order valence-corrected chi connectivity index (χ3v) is 5.67. The Labute approximate surface area is 181 Å². The maximum atomic E-state index is 12.0. The molecule has 1 heterocycles. The van der Waals surface area contributed by atoms with Gasteiger partial charge in [0.1, 0.15) is 6.16 Å². The molecule has 0 bridgehead atoms. The van der Waals surface area contributed by atoms with Gasteiger partial charge in [-0.1, -0.05) is 34.9 Å². The van der Waals surface area contributed by atoms with Gasteiger partial charge in [0.25, 0.3) is 0 Å². The van der Waals surface area contributed by atoms with Gasteiger partial charge in [0.2, 0.25) is 6.29 Å². The molecule has 1 rings (SSSR count). The number of carbonyl (C=O) groups is 1. The van der Waals surface area contributed by atoms with Crippen LogP contribution in [-0.4, -0.2) is 36.5 Å². The van der Waals surface area contributed by atoms with E-state index in [0.717, 1.165) is 44.1 Å². The van der Waals surface area contributed by atoms with Crippen molar-refractivity contribution in [1.82, 2.24) is 5.48 Å². The molecule has 0 radical (unpaired) electrons. The van der Waals surface area contributed by atoms with E-state index in [4.69, 9.17) is 14.1 Å². The van der Waals surface area contributed by atoms with Crippen LogP contribution in [0.1, 0.15) is 72.6 Å². The van der Waals surface area contributed by atoms with Crippen LogP contribution in [0.5, 0.6) is 0 Å². The second kappa shape index (κ2) is 14.7. The molecule has 0 saturated carbocycles. The lowest BCUT2D eigenvalue weighted by molar-refractivity contribution is -0.184. The van der Waals surface area contributed by atoms with Gasteiger partial charge in [0, 0.05) is 13.0 Å². The lowest BCUT2D eigenvalue weighted by atomic mass is 10.1. The minimum absolute atomic E-state index is 0.278. The van der Waals surface area contributed by atoms with Crippen LogP contribution >= 0.6 is 7.60 Å². The van der Waals surface area contributed by atoms with E-state index in [1.54, 1.807) is 0 Å². The Kier molecular flexibility index (Phi) is 13.1. The fraction of sp³-hybridized carbons (Fsp3) is 0.682. The fourth-order valence-electron chi connectivity index (χ4n) is 2.88. The van der Waals surface area contributed by atoms with E-state index in [9.17, 15) is 14.3 Å². The summed E-state index contributed by atoms with van der Waals surface area (Å²) >= 11 is 0. The van der Waals surface area contributed by atoms with Gasteiger partial charge in [0.05, 0.1) is 6.61 Å². The summed E-state index contributed by atoms with van der Waals surface area (Å²) in [5, 5.41) is 0. The summed E-state index contributed by atoms with van der Waals surface area (Å²) in [5.41, 5.74) is 6.34. The number of hydrogen-bond acceptors (Lipinski definition) is 6. The molecular formula is C22H38NO6P. The summed E-state index contributed by atoms with van der Waals surface area (Å²) in [7, 11) is -4.11. The first kappa shape index (κ1) is 26.8. The first-order valence-corrected chi connectivity index (χ1v) is 12.4. The van der Waals surface area contributed by atoms with Crippen LogP contribution < -0.4 is 5.48 Å². The third-order valence-electron chi connectivity index (χ3n) is 4.59. The van der Waals surface area contributed by atoms with Gasteiger partial charge in [-0.05, 0) is 66.2 Å². The summed E-state index contributed by atoms with van der Waals surface area (Å²) in [5.74, 6) is -0.798. The van der Waals surface area contributed by atoms with Crippen molar-refractivity contribution < 1.29 is 28.4 Å².